The van der Waals surface area contributed by atoms with E-state index in [0.29, 0.717) is 10.6 Å². The Bertz CT molecular complexity index is 793. The fraction of sp³-hybridized carbons (Fsp3) is 0.250. The fourth-order valence-electron chi connectivity index (χ4n) is 2.68. The summed E-state index contributed by atoms with van der Waals surface area (Å²) in [6.45, 7) is 1.36. The van der Waals surface area contributed by atoms with E-state index in [1.807, 2.05) is 18.2 Å². The van der Waals surface area contributed by atoms with Crippen molar-refractivity contribution in [2.45, 2.75) is 31.8 Å². The minimum absolute atomic E-state index is 0.0835. The number of aliphatic carboxylic acids is 1. The van der Waals surface area contributed by atoms with E-state index in [1.165, 1.54) is 6.92 Å². The number of amides is 2. The van der Waals surface area contributed by atoms with Gasteiger partial charge in [0, 0.05) is 18.4 Å². The van der Waals surface area contributed by atoms with Crippen molar-refractivity contribution in [2.24, 2.45) is 0 Å². The minimum atomic E-state index is -1.12. The van der Waals surface area contributed by atoms with Crippen LogP contribution in [-0.4, -0.2) is 28.9 Å². The van der Waals surface area contributed by atoms with Gasteiger partial charge in [0.15, 0.2) is 0 Å². The summed E-state index contributed by atoms with van der Waals surface area (Å²) in [6.07, 6.45) is 0.0907. The Morgan fingerprint density at radius 3 is 2.19 bits per heavy atom. The van der Waals surface area contributed by atoms with Crippen LogP contribution in [0.4, 0.5) is 0 Å². The number of nitrogens with one attached hydrogen (secondary N) is 2. The highest BCUT2D eigenvalue weighted by Crippen LogP contribution is 2.19. The third kappa shape index (κ3) is 6.75. The summed E-state index contributed by atoms with van der Waals surface area (Å²) in [6, 6.07) is 14.2. The molecule has 0 spiro atoms. The molecule has 7 heteroatoms. The van der Waals surface area contributed by atoms with Crippen LogP contribution in [0.2, 0.25) is 5.02 Å². The molecule has 0 aliphatic carbocycles. The summed E-state index contributed by atoms with van der Waals surface area (Å²) in [7, 11) is 0. The zero-order valence-electron chi connectivity index (χ0n) is 14.8. The third-order valence-electron chi connectivity index (χ3n) is 3.96. The largest absolute Gasteiger partial charge is 0.480 e. The lowest BCUT2D eigenvalue weighted by atomic mass is 10.0. The molecule has 2 unspecified atom stereocenters. The highest BCUT2D eigenvalue weighted by atomic mass is 35.5. The molecular weight excluding hydrogens is 368 g/mol. The molecule has 0 radical (unpaired) electrons. The Hall–Kier alpha value is -2.86. The summed E-state index contributed by atoms with van der Waals surface area (Å²) >= 11 is 5.88. The summed E-state index contributed by atoms with van der Waals surface area (Å²) in [4.78, 5) is 35.4. The topological polar surface area (TPSA) is 95.5 Å². The predicted molar refractivity (Wildman–Crippen MR) is 102 cm³/mol. The standard InChI is InChI=1S/C20H21ClN2O4/c1-13(24)22-17(15-7-9-16(21)10-8-15)12-19(25)23-18(20(26)27)11-14-5-3-2-4-6-14/h2-10,17-18H,11-12H2,1H3,(H,22,24)(H,23,25)(H,26,27). The quantitative estimate of drug-likeness (QED) is 0.648. The predicted octanol–water partition coefficient (Wildman–Crippen LogP) is 2.72. The number of hydrogen-bond donors (Lipinski definition) is 3. The number of halogens is 1. The first-order chi connectivity index (χ1) is 12.8. The van der Waals surface area contributed by atoms with Gasteiger partial charge in [0.1, 0.15) is 6.04 Å². The van der Waals surface area contributed by atoms with Gasteiger partial charge in [-0.1, -0.05) is 54.1 Å². The SMILES string of the molecule is CC(=O)NC(CC(=O)NC(Cc1ccccc1)C(=O)O)c1ccc(Cl)cc1. The van der Waals surface area contributed by atoms with E-state index in [2.05, 4.69) is 10.6 Å². The first-order valence-electron chi connectivity index (χ1n) is 8.44. The van der Waals surface area contributed by atoms with Gasteiger partial charge in [0.05, 0.1) is 12.5 Å². The molecule has 0 saturated carbocycles. The van der Waals surface area contributed by atoms with Gasteiger partial charge in [-0.3, -0.25) is 9.59 Å². The molecule has 0 aliphatic rings. The first-order valence-corrected chi connectivity index (χ1v) is 8.81. The van der Waals surface area contributed by atoms with E-state index < -0.39 is 24.0 Å². The van der Waals surface area contributed by atoms with Gasteiger partial charge in [-0.2, -0.15) is 0 Å². The van der Waals surface area contributed by atoms with Gasteiger partial charge in [0.25, 0.3) is 0 Å². The van der Waals surface area contributed by atoms with E-state index in [0.717, 1.165) is 5.56 Å². The van der Waals surface area contributed by atoms with E-state index in [4.69, 9.17) is 11.6 Å². The van der Waals surface area contributed by atoms with Gasteiger partial charge in [-0.25, -0.2) is 4.79 Å². The lowest BCUT2D eigenvalue weighted by Gasteiger charge is -2.20. The highest BCUT2D eigenvalue weighted by molar-refractivity contribution is 6.30. The number of carboxylic acids is 1. The van der Waals surface area contributed by atoms with E-state index in [-0.39, 0.29) is 18.7 Å². The number of carbonyl (C=O) groups excluding carboxylic acids is 2. The minimum Gasteiger partial charge on any atom is -0.480 e. The van der Waals surface area contributed by atoms with Crippen LogP contribution < -0.4 is 10.6 Å². The van der Waals surface area contributed by atoms with Crippen molar-refractivity contribution in [3.8, 4) is 0 Å². The average molecular weight is 389 g/mol. The van der Waals surface area contributed by atoms with Crippen LogP contribution in [0, 0.1) is 0 Å². The summed E-state index contributed by atoms with van der Waals surface area (Å²) in [5.41, 5.74) is 1.51. The average Bonchev–Trinajstić information content (AvgIpc) is 2.61. The number of benzene rings is 2. The molecule has 0 aromatic heterocycles. The van der Waals surface area contributed by atoms with E-state index in [9.17, 15) is 19.5 Å². The van der Waals surface area contributed by atoms with Crippen molar-refractivity contribution in [2.75, 3.05) is 0 Å². The van der Waals surface area contributed by atoms with Gasteiger partial charge in [-0.15, -0.1) is 0 Å². The molecule has 0 fully saturated rings. The molecule has 142 valence electrons. The molecule has 0 bridgehead atoms. The van der Waals surface area contributed by atoms with Crippen LogP contribution in [0.1, 0.15) is 30.5 Å². The van der Waals surface area contributed by atoms with Crippen molar-refractivity contribution in [1.82, 2.24) is 10.6 Å². The highest BCUT2D eigenvalue weighted by Gasteiger charge is 2.23. The second-order valence-electron chi connectivity index (χ2n) is 6.16. The van der Waals surface area contributed by atoms with Crippen LogP contribution in [0.25, 0.3) is 0 Å². The Balaban J connectivity index is 2.07. The fourth-order valence-corrected chi connectivity index (χ4v) is 2.81. The van der Waals surface area contributed by atoms with Crippen LogP contribution in [0.3, 0.4) is 0 Å². The van der Waals surface area contributed by atoms with Gasteiger partial charge < -0.3 is 15.7 Å². The van der Waals surface area contributed by atoms with Crippen LogP contribution in [0.15, 0.2) is 54.6 Å². The third-order valence-corrected chi connectivity index (χ3v) is 4.21. The zero-order valence-corrected chi connectivity index (χ0v) is 15.6. The molecular formula is C20H21ClN2O4. The number of carbonyl (C=O) groups is 3. The molecule has 27 heavy (non-hydrogen) atoms. The second kappa shape index (κ2) is 9.73. The monoisotopic (exact) mass is 388 g/mol. The van der Waals surface area contributed by atoms with Crippen LogP contribution >= 0.6 is 11.6 Å². The molecule has 6 nitrogen and oxygen atoms in total. The molecule has 2 atom stereocenters. The Labute approximate surface area is 162 Å². The zero-order chi connectivity index (χ0) is 19.8. The summed E-state index contributed by atoms with van der Waals surface area (Å²) in [5.74, 6) is -1.87. The van der Waals surface area contributed by atoms with E-state index in [1.54, 1.807) is 36.4 Å². The molecule has 2 amide bonds. The van der Waals surface area contributed by atoms with Crippen molar-refractivity contribution in [3.05, 3.63) is 70.7 Å². The first kappa shape index (κ1) is 20.5. The molecule has 2 rings (SSSR count). The summed E-state index contributed by atoms with van der Waals surface area (Å²) < 4.78 is 0. The molecule has 0 saturated heterocycles. The molecule has 0 heterocycles. The van der Waals surface area contributed by atoms with Gasteiger partial charge >= 0.3 is 5.97 Å². The maximum absolute atomic E-state index is 12.4. The van der Waals surface area contributed by atoms with E-state index >= 15 is 0 Å². The number of carboxylic acid groups (broad SMARTS) is 1. The maximum atomic E-state index is 12.4. The Kier molecular flexibility index (Phi) is 7.37. The lowest BCUT2D eigenvalue weighted by molar-refractivity contribution is -0.142. The summed E-state index contributed by atoms with van der Waals surface area (Å²) in [5, 5.41) is 15.2. The van der Waals surface area contributed by atoms with Crippen molar-refractivity contribution in [1.29, 1.82) is 0 Å². The maximum Gasteiger partial charge on any atom is 0.326 e. The number of hydrogen-bond acceptors (Lipinski definition) is 3. The van der Waals surface area contributed by atoms with Crippen molar-refractivity contribution in [3.63, 3.8) is 0 Å². The molecule has 2 aromatic carbocycles. The van der Waals surface area contributed by atoms with Crippen molar-refractivity contribution < 1.29 is 19.5 Å². The Morgan fingerprint density at radius 2 is 1.63 bits per heavy atom. The second-order valence-corrected chi connectivity index (χ2v) is 6.59. The lowest BCUT2D eigenvalue weighted by Crippen LogP contribution is -2.43. The van der Waals surface area contributed by atoms with Gasteiger partial charge in [0.2, 0.25) is 11.8 Å². The molecule has 0 aliphatic heterocycles. The van der Waals surface area contributed by atoms with Crippen LogP contribution in [0.5, 0.6) is 0 Å². The molecule has 3 N–H and O–H groups in total. The Morgan fingerprint density at radius 1 is 1.00 bits per heavy atom. The van der Waals surface area contributed by atoms with Crippen molar-refractivity contribution >= 4 is 29.4 Å². The smallest absolute Gasteiger partial charge is 0.326 e. The van der Waals surface area contributed by atoms with Crippen LogP contribution in [-0.2, 0) is 20.8 Å². The molecule has 2 aromatic rings. The normalized spacial score (nSPS) is 12.7. The number of rotatable bonds is 8. The van der Waals surface area contributed by atoms with Gasteiger partial charge in [-0.05, 0) is 23.3 Å².